The molecule has 2 nitrogen and oxygen atoms in total. The summed E-state index contributed by atoms with van der Waals surface area (Å²) in [6.45, 7) is 7.97. The highest BCUT2D eigenvalue weighted by molar-refractivity contribution is 5.19. The summed E-state index contributed by atoms with van der Waals surface area (Å²) in [4.78, 5) is 0. The average molecular weight is 182 g/mol. The highest BCUT2D eigenvalue weighted by atomic mass is 16.3. The molecule has 0 aromatic carbocycles. The van der Waals surface area contributed by atoms with Gasteiger partial charge in [-0.2, -0.15) is 0 Å². The Morgan fingerprint density at radius 3 is 2.77 bits per heavy atom. The van der Waals surface area contributed by atoms with Gasteiger partial charge in [-0.05, 0) is 30.8 Å². The molecule has 3 unspecified atom stereocenters. The smallest absolute Gasteiger partial charge is 0.0778 e. The first-order valence-electron chi connectivity index (χ1n) is 4.71. The van der Waals surface area contributed by atoms with E-state index in [0.29, 0.717) is 18.3 Å². The van der Waals surface area contributed by atoms with E-state index in [1.807, 2.05) is 13.0 Å². The highest BCUT2D eigenvalue weighted by Crippen LogP contribution is 2.32. The van der Waals surface area contributed by atoms with Gasteiger partial charge in [0.05, 0.1) is 12.7 Å². The SMILES string of the molecule is C=C(C)C1CC(O)C(CO)=CC1C. The minimum absolute atomic E-state index is 0.0333. The standard InChI is InChI=1S/C11H18O2/c1-7(2)10-5-11(13)9(6-12)4-8(10)3/h4,8,10-13H,1,5-6H2,2-3H3. The second-order valence-electron chi connectivity index (χ2n) is 3.96. The van der Waals surface area contributed by atoms with Gasteiger partial charge in [-0.25, -0.2) is 0 Å². The van der Waals surface area contributed by atoms with Crippen molar-refractivity contribution in [2.24, 2.45) is 11.8 Å². The molecule has 2 N–H and O–H groups in total. The van der Waals surface area contributed by atoms with Crippen LogP contribution in [-0.4, -0.2) is 22.9 Å². The number of aliphatic hydroxyl groups is 2. The molecule has 3 atom stereocenters. The molecule has 0 spiro atoms. The predicted octanol–water partition coefficient (Wildman–Crippen LogP) is 1.50. The zero-order chi connectivity index (χ0) is 10.0. The Hall–Kier alpha value is -0.600. The number of allylic oxidation sites excluding steroid dienone is 2. The van der Waals surface area contributed by atoms with E-state index in [1.54, 1.807) is 0 Å². The third kappa shape index (κ3) is 2.20. The molecule has 0 heterocycles. The fourth-order valence-corrected chi connectivity index (χ4v) is 1.98. The van der Waals surface area contributed by atoms with E-state index in [1.165, 1.54) is 0 Å². The van der Waals surface area contributed by atoms with E-state index in [4.69, 9.17) is 5.11 Å². The topological polar surface area (TPSA) is 40.5 Å². The lowest BCUT2D eigenvalue weighted by molar-refractivity contribution is 0.143. The van der Waals surface area contributed by atoms with Crippen LogP contribution in [-0.2, 0) is 0 Å². The molecule has 0 aromatic rings. The molecule has 2 heteroatoms. The molecule has 1 rings (SSSR count). The van der Waals surface area contributed by atoms with Crippen molar-refractivity contribution >= 4 is 0 Å². The maximum atomic E-state index is 9.64. The molecule has 0 bridgehead atoms. The van der Waals surface area contributed by atoms with Gasteiger partial charge in [0.15, 0.2) is 0 Å². The van der Waals surface area contributed by atoms with Crippen LogP contribution in [0.1, 0.15) is 20.3 Å². The summed E-state index contributed by atoms with van der Waals surface area (Å²) in [6, 6.07) is 0. The van der Waals surface area contributed by atoms with Gasteiger partial charge in [0, 0.05) is 0 Å². The molecular formula is C11H18O2. The maximum Gasteiger partial charge on any atom is 0.0778 e. The minimum atomic E-state index is -0.483. The van der Waals surface area contributed by atoms with Crippen molar-refractivity contribution in [3.8, 4) is 0 Å². The predicted molar refractivity (Wildman–Crippen MR) is 53.3 cm³/mol. The van der Waals surface area contributed by atoms with Crippen molar-refractivity contribution in [3.63, 3.8) is 0 Å². The molecule has 0 radical (unpaired) electrons. The first-order valence-corrected chi connectivity index (χ1v) is 4.71. The van der Waals surface area contributed by atoms with Crippen LogP contribution >= 0.6 is 0 Å². The second kappa shape index (κ2) is 4.07. The van der Waals surface area contributed by atoms with Gasteiger partial charge in [0.1, 0.15) is 0 Å². The largest absolute Gasteiger partial charge is 0.392 e. The van der Waals surface area contributed by atoms with Crippen molar-refractivity contribution in [2.45, 2.75) is 26.4 Å². The van der Waals surface area contributed by atoms with Crippen molar-refractivity contribution < 1.29 is 10.2 Å². The summed E-state index contributed by atoms with van der Waals surface area (Å²) in [6.07, 6.45) is 2.18. The van der Waals surface area contributed by atoms with Gasteiger partial charge in [0.25, 0.3) is 0 Å². The monoisotopic (exact) mass is 182 g/mol. The number of hydrogen-bond acceptors (Lipinski definition) is 2. The first kappa shape index (κ1) is 10.5. The van der Waals surface area contributed by atoms with Crippen LogP contribution in [0.5, 0.6) is 0 Å². The number of hydrogen-bond donors (Lipinski definition) is 2. The minimum Gasteiger partial charge on any atom is -0.392 e. The highest BCUT2D eigenvalue weighted by Gasteiger charge is 2.27. The van der Waals surface area contributed by atoms with Crippen LogP contribution in [0.25, 0.3) is 0 Å². The van der Waals surface area contributed by atoms with Gasteiger partial charge in [0.2, 0.25) is 0 Å². The third-order valence-corrected chi connectivity index (χ3v) is 2.83. The molecule has 13 heavy (non-hydrogen) atoms. The number of aliphatic hydroxyl groups excluding tert-OH is 2. The molecule has 0 amide bonds. The molecule has 1 aliphatic carbocycles. The molecule has 0 aliphatic heterocycles. The van der Waals surface area contributed by atoms with E-state index >= 15 is 0 Å². The van der Waals surface area contributed by atoms with Crippen molar-refractivity contribution in [1.82, 2.24) is 0 Å². The number of rotatable bonds is 2. The van der Waals surface area contributed by atoms with Crippen LogP contribution in [0.2, 0.25) is 0 Å². The van der Waals surface area contributed by atoms with Crippen molar-refractivity contribution in [2.75, 3.05) is 6.61 Å². The summed E-state index contributed by atoms with van der Waals surface area (Å²) in [5.41, 5.74) is 1.87. The lowest BCUT2D eigenvalue weighted by Gasteiger charge is -2.31. The molecule has 0 saturated carbocycles. The Kier molecular flexibility index (Phi) is 3.28. The Balaban J connectivity index is 2.80. The first-order chi connectivity index (χ1) is 6.06. The molecular weight excluding hydrogens is 164 g/mol. The second-order valence-corrected chi connectivity index (χ2v) is 3.96. The van der Waals surface area contributed by atoms with E-state index in [-0.39, 0.29) is 6.61 Å². The molecule has 0 saturated heterocycles. The summed E-state index contributed by atoms with van der Waals surface area (Å²) in [7, 11) is 0. The van der Waals surface area contributed by atoms with Gasteiger partial charge in [-0.15, -0.1) is 0 Å². The lowest BCUT2D eigenvalue weighted by Crippen LogP contribution is -2.27. The zero-order valence-electron chi connectivity index (χ0n) is 8.33. The zero-order valence-corrected chi connectivity index (χ0v) is 8.33. The van der Waals surface area contributed by atoms with E-state index < -0.39 is 6.10 Å². The summed E-state index contributed by atoms with van der Waals surface area (Å²) < 4.78 is 0. The van der Waals surface area contributed by atoms with E-state index in [0.717, 1.165) is 11.1 Å². The van der Waals surface area contributed by atoms with Gasteiger partial charge in [-0.3, -0.25) is 0 Å². The normalized spacial score (nSPS) is 34.2. The van der Waals surface area contributed by atoms with Gasteiger partial charge >= 0.3 is 0 Å². The van der Waals surface area contributed by atoms with Crippen LogP contribution < -0.4 is 0 Å². The van der Waals surface area contributed by atoms with E-state index in [9.17, 15) is 5.11 Å². The molecule has 1 aliphatic rings. The van der Waals surface area contributed by atoms with Crippen LogP contribution in [0.15, 0.2) is 23.8 Å². The summed E-state index contributed by atoms with van der Waals surface area (Å²) >= 11 is 0. The molecule has 0 aromatic heterocycles. The van der Waals surface area contributed by atoms with Crippen LogP contribution in [0.4, 0.5) is 0 Å². The van der Waals surface area contributed by atoms with Gasteiger partial charge < -0.3 is 10.2 Å². The van der Waals surface area contributed by atoms with Gasteiger partial charge in [-0.1, -0.05) is 25.2 Å². The fourth-order valence-electron chi connectivity index (χ4n) is 1.98. The fraction of sp³-hybridized carbons (Fsp3) is 0.636. The Morgan fingerprint density at radius 1 is 1.69 bits per heavy atom. The lowest BCUT2D eigenvalue weighted by atomic mass is 9.77. The van der Waals surface area contributed by atoms with Crippen LogP contribution in [0.3, 0.4) is 0 Å². The Labute approximate surface area is 79.6 Å². The quantitative estimate of drug-likeness (QED) is 0.635. The summed E-state index contributed by atoms with van der Waals surface area (Å²) in [5, 5.41) is 18.6. The molecule has 0 fully saturated rings. The van der Waals surface area contributed by atoms with Crippen molar-refractivity contribution in [1.29, 1.82) is 0 Å². The maximum absolute atomic E-state index is 9.64. The summed E-state index contributed by atoms with van der Waals surface area (Å²) in [5.74, 6) is 0.730. The van der Waals surface area contributed by atoms with Crippen LogP contribution in [0, 0.1) is 11.8 Å². The third-order valence-electron chi connectivity index (χ3n) is 2.83. The van der Waals surface area contributed by atoms with E-state index in [2.05, 4.69) is 13.5 Å². The molecule has 74 valence electrons. The Morgan fingerprint density at radius 2 is 2.31 bits per heavy atom. The average Bonchev–Trinajstić information content (AvgIpc) is 2.07. The van der Waals surface area contributed by atoms with Crippen molar-refractivity contribution in [3.05, 3.63) is 23.8 Å². The Bertz CT molecular complexity index is 230.